The van der Waals surface area contributed by atoms with E-state index in [1.165, 1.54) is 0 Å². The minimum Gasteiger partial charge on any atom is -1.00 e. The van der Waals surface area contributed by atoms with Crippen molar-refractivity contribution in [2.75, 3.05) is 0 Å². The van der Waals surface area contributed by atoms with Crippen molar-refractivity contribution >= 4 is 11.9 Å². The maximum Gasteiger partial charge on any atom is 1.00 e. The Balaban J connectivity index is 0. The van der Waals surface area contributed by atoms with Crippen LogP contribution in [0.1, 0.15) is 46.9 Å². The quantitative estimate of drug-likeness (QED) is 0.499. The molecule has 0 saturated heterocycles. The molecule has 0 atom stereocenters. The molecule has 1 fully saturated rings. The van der Waals surface area contributed by atoms with E-state index in [0.29, 0.717) is 0 Å². The van der Waals surface area contributed by atoms with Gasteiger partial charge in [-0.15, -0.1) is 0 Å². The first-order valence-electron chi connectivity index (χ1n) is 5.52. The Morgan fingerprint density at radius 3 is 1.94 bits per heavy atom. The van der Waals surface area contributed by atoms with Gasteiger partial charge in [0.15, 0.2) is 5.41 Å². The molecule has 1 rings (SSSR count). The fraction of sp³-hybridized carbons (Fsp3) is 0.818. The maximum atomic E-state index is 11.2. The minimum atomic E-state index is -1.56. The van der Waals surface area contributed by atoms with Crippen LogP contribution in [0, 0.1) is 11.3 Å². The zero-order valence-electron chi connectivity index (χ0n) is 11.0. The van der Waals surface area contributed by atoms with Crippen LogP contribution in [0.2, 0.25) is 0 Å². The van der Waals surface area contributed by atoms with Gasteiger partial charge in [0.05, 0.1) is 0 Å². The molecule has 1 saturated carbocycles. The van der Waals surface area contributed by atoms with E-state index in [2.05, 4.69) is 0 Å². The molecule has 1 aliphatic carbocycles. The van der Waals surface area contributed by atoms with Gasteiger partial charge in [0.25, 0.3) is 0 Å². The standard InChI is InChI=1S/C11H18O4.Na.H/c1-2-11(9(12)13,10(14)15)8-6-4-3-5-7-8;;/h8H,2-7H2,1H3,(H,12,13)(H,14,15);;/q;+1;-1. The topological polar surface area (TPSA) is 74.6 Å². The predicted octanol–water partition coefficient (Wildman–Crippen LogP) is -0.751. The Morgan fingerprint density at radius 2 is 1.62 bits per heavy atom. The fourth-order valence-corrected chi connectivity index (χ4v) is 2.63. The van der Waals surface area contributed by atoms with Crippen molar-refractivity contribution in [1.82, 2.24) is 0 Å². The first kappa shape index (κ1) is 15.9. The third-order valence-electron chi connectivity index (χ3n) is 3.62. The van der Waals surface area contributed by atoms with Crippen molar-refractivity contribution in [2.24, 2.45) is 11.3 Å². The summed E-state index contributed by atoms with van der Waals surface area (Å²) in [5, 5.41) is 18.3. The Labute approximate surface area is 119 Å². The Morgan fingerprint density at radius 1 is 1.19 bits per heavy atom. The summed E-state index contributed by atoms with van der Waals surface area (Å²) in [6, 6.07) is 0. The molecule has 1 aliphatic rings. The van der Waals surface area contributed by atoms with Crippen LogP contribution in [0.15, 0.2) is 0 Å². The number of aliphatic carboxylic acids is 2. The van der Waals surface area contributed by atoms with Crippen LogP contribution in [0.25, 0.3) is 0 Å². The van der Waals surface area contributed by atoms with Gasteiger partial charge in [0, 0.05) is 0 Å². The summed E-state index contributed by atoms with van der Waals surface area (Å²) < 4.78 is 0. The molecule has 16 heavy (non-hydrogen) atoms. The van der Waals surface area contributed by atoms with Gasteiger partial charge in [-0.25, -0.2) is 0 Å². The predicted molar refractivity (Wildman–Crippen MR) is 55.7 cm³/mol. The average Bonchev–Trinajstić information content (AvgIpc) is 2.20. The van der Waals surface area contributed by atoms with E-state index in [1.807, 2.05) is 0 Å². The molecule has 0 heterocycles. The second-order valence-corrected chi connectivity index (χ2v) is 4.27. The molecule has 4 nitrogen and oxygen atoms in total. The number of carboxylic acid groups (broad SMARTS) is 2. The van der Waals surface area contributed by atoms with Crippen LogP contribution in [0.5, 0.6) is 0 Å². The molecule has 5 heteroatoms. The van der Waals surface area contributed by atoms with Crippen LogP contribution in [0.4, 0.5) is 0 Å². The second-order valence-electron chi connectivity index (χ2n) is 4.27. The van der Waals surface area contributed by atoms with Crippen molar-refractivity contribution in [3.63, 3.8) is 0 Å². The molecule has 2 N–H and O–H groups in total. The van der Waals surface area contributed by atoms with E-state index < -0.39 is 17.4 Å². The molecule has 0 unspecified atom stereocenters. The molecule has 0 aliphatic heterocycles. The van der Waals surface area contributed by atoms with Gasteiger partial charge < -0.3 is 11.6 Å². The van der Waals surface area contributed by atoms with Crippen molar-refractivity contribution in [2.45, 2.75) is 45.4 Å². The summed E-state index contributed by atoms with van der Waals surface area (Å²) in [7, 11) is 0. The van der Waals surface area contributed by atoms with Crippen molar-refractivity contribution in [1.29, 1.82) is 0 Å². The zero-order valence-corrected chi connectivity index (χ0v) is 12.0. The van der Waals surface area contributed by atoms with E-state index >= 15 is 0 Å². The summed E-state index contributed by atoms with van der Waals surface area (Å²) >= 11 is 0. The molecule has 0 amide bonds. The summed E-state index contributed by atoms with van der Waals surface area (Å²) in [5.41, 5.74) is -1.56. The monoisotopic (exact) mass is 238 g/mol. The third kappa shape index (κ3) is 2.79. The number of hydrogen-bond donors (Lipinski definition) is 2. The van der Waals surface area contributed by atoms with E-state index in [-0.39, 0.29) is 43.3 Å². The van der Waals surface area contributed by atoms with Gasteiger partial charge in [-0.3, -0.25) is 9.59 Å². The van der Waals surface area contributed by atoms with Crippen LogP contribution < -0.4 is 29.6 Å². The molecule has 88 valence electrons. The largest absolute Gasteiger partial charge is 1.00 e. The van der Waals surface area contributed by atoms with Gasteiger partial charge in [0.1, 0.15) is 0 Å². The van der Waals surface area contributed by atoms with Gasteiger partial charge in [-0.05, 0) is 25.2 Å². The molecule has 0 radical (unpaired) electrons. The zero-order chi connectivity index (χ0) is 11.5. The van der Waals surface area contributed by atoms with Gasteiger partial charge in [0.2, 0.25) is 0 Å². The van der Waals surface area contributed by atoms with E-state index in [1.54, 1.807) is 6.92 Å². The normalized spacial score (nSPS) is 17.6. The molecule has 0 aromatic carbocycles. The Bertz CT molecular complexity index is 250. The molecular formula is C11H19NaO4. The molecule has 0 spiro atoms. The number of carbonyl (C=O) groups is 2. The van der Waals surface area contributed by atoms with Gasteiger partial charge in [-0.1, -0.05) is 26.2 Å². The summed E-state index contributed by atoms with van der Waals surface area (Å²) in [6.07, 6.45) is 4.62. The van der Waals surface area contributed by atoms with Crippen LogP contribution in [0.3, 0.4) is 0 Å². The molecular weight excluding hydrogens is 219 g/mol. The molecule has 0 bridgehead atoms. The summed E-state index contributed by atoms with van der Waals surface area (Å²) in [5.74, 6) is -2.56. The van der Waals surface area contributed by atoms with E-state index in [4.69, 9.17) is 10.2 Å². The first-order chi connectivity index (χ1) is 7.05. The van der Waals surface area contributed by atoms with Gasteiger partial charge in [-0.2, -0.15) is 0 Å². The van der Waals surface area contributed by atoms with Crippen molar-refractivity contribution < 1.29 is 50.8 Å². The summed E-state index contributed by atoms with van der Waals surface area (Å²) in [4.78, 5) is 22.4. The third-order valence-corrected chi connectivity index (χ3v) is 3.62. The van der Waals surface area contributed by atoms with E-state index in [9.17, 15) is 9.59 Å². The van der Waals surface area contributed by atoms with Crippen molar-refractivity contribution in [3.8, 4) is 0 Å². The van der Waals surface area contributed by atoms with Crippen LogP contribution in [-0.4, -0.2) is 22.2 Å². The molecule has 0 aromatic heterocycles. The molecule has 0 aromatic rings. The average molecular weight is 238 g/mol. The number of hydrogen-bond acceptors (Lipinski definition) is 2. The van der Waals surface area contributed by atoms with E-state index in [0.717, 1.165) is 32.1 Å². The Kier molecular flexibility index (Phi) is 6.60. The smallest absolute Gasteiger partial charge is 1.00 e. The van der Waals surface area contributed by atoms with Crippen molar-refractivity contribution in [3.05, 3.63) is 0 Å². The number of carboxylic acids is 2. The Hall–Kier alpha value is -0.0600. The van der Waals surface area contributed by atoms with Crippen LogP contribution >= 0.6 is 0 Å². The maximum absolute atomic E-state index is 11.2. The second kappa shape index (κ2) is 6.62. The summed E-state index contributed by atoms with van der Waals surface area (Å²) in [6.45, 7) is 1.65. The minimum absolute atomic E-state index is 0. The number of rotatable bonds is 4. The van der Waals surface area contributed by atoms with Gasteiger partial charge >= 0.3 is 41.5 Å². The van der Waals surface area contributed by atoms with Crippen LogP contribution in [-0.2, 0) is 9.59 Å². The SMILES string of the molecule is CCC(C(=O)O)(C(=O)O)C1CCCCC1.[H-].[Na+]. The first-order valence-corrected chi connectivity index (χ1v) is 5.52. The fourth-order valence-electron chi connectivity index (χ4n) is 2.63.